The van der Waals surface area contributed by atoms with Crippen molar-refractivity contribution in [2.45, 2.75) is 75.6 Å². The van der Waals surface area contributed by atoms with E-state index in [-0.39, 0.29) is 12.1 Å². The van der Waals surface area contributed by atoms with Crippen molar-refractivity contribution in [3.05, 3.63) is 0 Å². The van der Waals surface area contributed by atoms with Crippen LogP contribution in [0.2, 0.25) is 0 Å². The van der Waals surface area contributed by atoms with Gasteiger partial charge in [0.25, 0.3) is 0 Å². The van der Waals surface area contributed by atoms with Crippen molar-refractivity contribution in [3.63, 3.8) is 0 Å². The fraction of sp³-hybridized carbons (Fsp3) is 1.00. The molecule has 2 aliphatic carbocycles. The first-order chi connectivity index (χ1) is 7.24. The van der Waals surface area contributed by atoms with Crippen LogP contribution in [0, 0.1) is 0 Å². The Morgan fingerprint density at radius 3 is 1.80 bits per heavy atom. The molecule has 2 aliphatic rings. The van der Waals surface area contributed by atoms with E-state index in [4.69, 9.17) is 5.73 Å². The van der Waals surface area contributed by atoms with Crippen molar-refractivity contribution in [1.29, 1.82) is 0 Å². The fourth-order valence-electron chi connectivity index (χ4n) is 2.84. The van der Waals surface area contributed by atoms with E-state index >= 15 is 0 Å². The summed E-state index contributed by atoms with van der Waals surface area (Å²) in [6.45, 7) is 0. The van der Waals surface area contributed by atoms with Crippen LogP contribution in [0.4, 0.5) is 0 Å². The number of rotatable bonds is 2. The minimum Gasteiger partial charge on any atom is -0.393 e. The summed E-state index contributed by atoms with van der Waals surface area (Å²) < 4.78 is 0. The standard InChI is InChI=1S/C12H23N2O/c13-9-1-3-10(4-2-9)14-11-5-7-12(15)8-6-11/h9-15H,1-8H2. The van der Waals surface area contributed by atoms with E-state index in [1.54, 1.807) is 0 Å². The Kier molecular flexibility index (Phi) is 4.00. The Morgan fingerprint density at radius 1 is 0.800 bits per heavy atom. The topological polar surface area (TPSA) is 56.1 Å². The lowest BCUT2D eigenvalue weighted by Gasteiger charge is -2.33. The minimum absolute atomic E-state index is 0.0490. The molecule has 0 atom stereocenters. The minimum atomic E-state index is -0.0490. The number of hydrogen-bond donors (Lipinski definition) is 2. The molecule has 0 aromatic carbocycles. The lowest BCUT2D eigenvalue weighted by Crippen LogP contribution is -2.43. The summed E-state index contributed by atoms with van der Waals surface area (Å²) in [5.41, 5.74) is 7.65. The average molecular weight is 211 g/mol. The molecule has 0 bridgehead atoms. The van der Waals surface area contributed by atoms with Crippen LogP contribution in [0.5, 0.6) is 0 Å². The van der Waals surface area contributed by atoms with Gasteiger partial charge in [-0.05, 0) is 51.4 Å². The van der Waals surface area contributed by atoms with Gasteiger partial charge in [0.05, 0.1) is 6.10 Å². The molecule has 3 N–H and O–H groups in total. The normalized spacial score (nSPS) is 42.8. The number of nitrogens with one attached hydrogen (secondary N) is 2. The molecule has 0 heterocycles. The van der Waals surface area contributed by atoms with Gasteiger partial charge in [0.2, 0.25) is 0 Å². The third kappa shape index (κ3) is 3.44. The van der Waals surface area contributed by atoms with Gasteiger partial charge >= 0.3 is 0 Å². The maximum atomic E-state index is 9.41. The van der Waals surface area contributed by atoms with Gasteiger partial charge in [0.1, 0.15) is 0 Å². The molecule has 2 saturated carbocycles. The number of aliphatic hydroxyl groups is 1. The quantitative estimate of drug-likeness (QED) is 0.727. The van der Waals surface area contributed by atoms with Crippen LogP contribution in [-0.2, 0) is 0 Å². The highest BCUT2D eigenvalue weighted by Gasteiger charge is 2.24. The molecule has 0 spiro atoms. The van der Waals surface area contributed by atoms with Crippen molar-refractivity contribution in [3.8, 4) is 0 Å². The molecular weight excluding hydrogens is 188 g/mol. The molecule has 2 rings (SSSR count). The van der Waals surface area contributed by atoms with Gasteiger partial charge < -0.3 is 10.4 Å². The molecule has 15 heavy (non-hydrogen) atoms. The first-order valence-electron chi connectivity index (χ1n) is 6.39. The second-order valence-electron chi connectivity index (χ2n) is 5.22. The van der Waals surface area contributed by atoms with Crippen molar-refractivity contribution < 1.29 is 5.11 Å². The molecule has 2 fully saturated rings. The van der Waals surface area contributed by atoms with E-state index in [2.05, 4.69) is 5.32 Å². The van der Waals surface area contributed by atoms with Crippen molar-refractivity contribution in [1.82, 2.24) is 11.1 Å². The zero-order chi connectivity index (χ0) is 10.7. The van der Waals surface area contributed by atoms with E-state index in [0.29, 0.717) is 12.1 Å². The Labute approximate surface area is 92.4 Å². The van der Waals surface area contributed by atoms with Gasteiger partial charge in [-0.3, -0.25) is 5.73 Å². The summed E-state index contributed by atoms with van der Waals surface area (Å²) in [6, 6.07) is 1.46. The maximum Gasteiger partial charge on any atom is 0.0541 e. The van der Waals surface area contributed by atoms with E-state index in [1.807, 2.05) is 0 Å². The van der Waals surface area contributed by atoms with Crippen LogP contribution in [0.25, 0.3) is 0 Å². The summed E-state index contributed by atoms with van der Waals surface area (Å²) in [5.74, 6) is 0. The fourth-order valence-corrected chi connectivity index (χ4v) is 2.84. The molecular formula is C12H23N2O. The second-order valence-corrected chi connectivity index (χ2v) is 5.22. The molecule has 3 nitrogen and oxygen atoms in total. The molecule has 87 valence electrons. The van der Waals surface area contributed by atoms with Gasteiger partial charge in [0.15, 0.2) is 0 Å². The van der Waals surface area contributed by atoms with E-state index in [0.717, 1.165) is 38.5 Å². The summed E-state index contributed by atoms with van der Waals surface area (Å²) >= 11 is 0. The Hall–Kier alpha value is -0.120. The highest BCUT2D eigenvalue weighted by atomic mass is 16.3. The zero-order valence-corrected chi connectivity index (χ0v) is 9.41. The number of hydrogen-bond acceptors (Lipinski definition) is 2. The van der Waals surface area contributed by atoms with Crippen LogP contribution in [0.3, 0.4) is 0 Å². The van der Waals surface area contributed by atoms with Crippen LogP contribution in [0.1, 0.15) is 51.4 Å². The van der Waals surface area contributed by atoms with Crippen LogP contribution in [0.15, 0.2) is 0 Å². The maximum absolute atomic E-state index is 9.41. The number of aliphatic hydroxyl groups excluding tert-OH is 1. The predicted molar refractivity (Wildman–Crippen MR) is 60.5 cm³/mol. The molecule has 0 aromatic rings. The Morgan fingerprint density at radius 2 is 1.27 bits per heavy atom. The van der Waals surface area contributed by atoms with Gasteiger partial charge in [-0.25, -0.2) is 0 Å². The largest absolute Gasteiger partial charge is 0.393 e. The average Bonchev–Trinajstić information content (AvgIpc) is 2.25. The van der Waals surface area contributed by atoms with Gasteiger partial charge in [-0.1, -0.05) is 0 Å². The third-order valence-corrected chi connectivity index (χ3v) is 3.90. The molecule has 1 radical (unpaired) electrons. The van der Waals surface area contributed by atoms with Crippen molar-refractivity contribution in [2.75, 3.05) is 0 Å². The monoisotopic (exact) mass is 211 g/mol. The highest BCUT2D eigenvalue weighted by molar-refractivity contribution is 4.84. The summed E-state index contributed by atoms with van der Waals surface area (Å²) in [6.07, 6.45) is 8.61. The van der Waals surface area contributed by atoms with Crippen molar-refractivity contribution >= 4 is 0 Å². The highest BCUT2D eigenvalue weighted by Crippen LogP contribution is 2.23. The first kappa shape index (κ1) is 11.4. The van der Waals surface area contributed by atoms with Crippen molar-refractivity contribution in [2.24, 2.45) is 0 Å². The van der Waals surface area contributed by atoms with E-state index in [1.165, 1.54) is 12.8 Å². The van der Waals surface area contributed by atoms with Crippen LogP contribution in [-0.4, -0.2) is 29.3 Å². The lowest BCUT2D eigenvalue weighted by atomic mass is 9.88. The molecule has 0 saturated heterocycles. The van der Waals surface area contributed by atoms with Crippen LogP contribution >= 0.6 is 0 Å². The molecule has 0 unspecified atom stereocenters. The second kappa shape index (κ2) is 5.28. The van der Waals surface area contributed by atoms with Gasteiger partial charge in [-0.15, -0.1) is 0 Å². The summed E-state index contributed by atoms with van der Waals surface area (Å²) in [4.78, 5) is 0. The lowest BCUT2D eigenvalue weighted by molar-refractivity contribution is 0.112. The van der Waals surface area contributed by atoms with Gasteiger partial charge in [0, 0.05) is 18.1 Å². The molecule has 3 heteroatoms. The predicted octanol–water partition coefficient (Wildman–Crippen LogP) is 1.47. The zero-order valence-electron chi connectivity index (χ0n) is 9.41. The Balaban J connectivity index is 1.68. The Bertz CT molecular complexity index is 162. The molecule has 0 aromatic heterocycles. The third-order valence-electron chi connectivity index (χ3n) is 3.90. The van der Waals surface area contributed by atoms with Crippen LogP contribution < -0.4 is 11.1 Å². The molecule has 0 aliphatic heterocycles. The molecule has 0 amide bonds. The van der Waals surface area contributed by atoms with Gasteiger partial charge in [-0.2, -0.15) is 0 Å². The first-order valence-corrected chi connectivity index (χ1v) is 6.39. The van der Waals surface area contributed by atoms with E-state index in [9.17, 15) is 5.11 Å². The SMILES string of the molecule is [NH]C1CCC(NC2CCC(O)CC2)CC1. The summed E-state index contributed by atoms with van der Waals surface area (Å²) in [7, 11) is 0. The summed E-state index contributed by atoms with van der Waals surface area (Å²) in [5, 5.41) is 13.1. The smallest absolute Gasteiger partial charge is 0.0541 e. The van der Waals surface area contributed by atoms with E-state index < -0.39 is 0 Å².